The highest BCUT2D eigenvalue weighted by Crippen LogP contribution is 2.33. The van der Waals surface area contributed by atoms with Gasteiger partial charge in [0.15, 0.2) is 18.1 Å². The van der Waals surface area contributed by atoms with E-state index in [1.165, 1.54) is 18.2 Å². The van der Waals surface area contributed by atoms with Crippen molar-refractivity contribution >= 4 is 23.3 Å². The maximum atomic E-state index is 12.1. The Labute approximate surface area is 154 Å². The van der Waals surface area contributed by atoms with Gasteiger partial charge in [0.25, 0.3) is 11.6 Å². The monoisotopic (exact) mass is 372 g/mol. The zero-order valence-corrected chi connectivity index (χ0v) is 14.6. The molecule has 0 spiro atoms. The number of ether oxygens (including phenoxy) is 3. The van der Waals surface area contributed by atoms with Crippen LogP contribution in [0.2, 0.25) is 0 Å². The lowest BCUT2D eigenvalue weighted by atomic mass is 10.1. The smallest absolute Gasteiger partial charge is 0.338 e. The maximum absolute atomic E-state index is 12.1. The summed E-state index contributed by atoms with van der Waals surface area (Å²) in [4.78, 5) is 34.8. The Hall–Kier alpha value is -3.62. The molecular weight excluding hydrogens is 356 g/mol. The van der Waals surface area contributed by atoms with Crippen molar-refractivity contribution in [3.8, 4) is 11.5 Å². The van der Waals surface area contributed by atoms with E-state index in [-0.39, 0.29) is 23.7 Å². The standard InChI is InChI=1S/C18H16N2O7/c1-10-3-5-13(20(23)24)17(11(10)2)19-16(21)8-25-18(22)12-4-6-14-15(7-12)27-9-26-14/h3-7H,8-9H2,1-2H3,(H,19,21). The van der Waals surface area contributed by atoms with Gasteiger partial charge in [0.2, 0.25) is 6.79 Å². The first kappa shape index (κ1) is 18.2. The number of carbonyl (C=O) groups excluding carboxylic acids is 2. The number of nitro benzene ring substituents is 1. The van der Waals surface area contributed by atoms with E-state index in [9.17, 15) is 19.7 Å². The number of nitro groups is 1. The molecule has 9 nitrogen and oxygen atoms in total. The van der Waals surface area contributed by atoms with Gasteiger partial charge in [0.05, 0.1) is 10.5 Å². The average Bonchev–Trinajstić information content (AvgIpc) is 3.11. The molecule has 1 heterocycles. The van der Waals surface area contributed by atoms with Crippen LogP contribution in [-0.4, -0.2) is 30.2 Å². The lowest BCUT2D eigenvalue weighted by Gasteiger charge is -2.11. The number of benzene rings is 2. The minimum absolute atomic E-state index is 0.0743. The van der Waals surface area contributed by atoms with Gasteiger partial charge in [-0.05, 0) is 43.2 Å². The van der Waals surface area contributed by atoms with E-state index in [0.717, 1.165) is 5.56 Å². The highest BCUT2D eigenvalue weighted by atomic mass is 16.7. The Morgan fingerprint density at radius 3 is 2.67 bits per heavy atom. The molecule has 0 aliphatic carbocycles. The molecule has 0 fully saturated rings. The molecule has 1 aliphatic rings. The van der Waals surface area contributed by atoms with Crippen LogP contribution in [0, 0.1) is 24.0 Å². The van der Waals surface area contributed by atoms with Crippen LogP contribution in [0.5, 0.6) is 11.5 Å². The van der Waals surface area contributed by atoms with Crippen molar-refractivity contribution < 1.29 is 28.7 Å². The summed E-state index contributed by atoms with van der Waals surface area (Å²) < 4.78 is 15.3. The summed E-state index contributed by atoms with van der Waals surface area (Å²) in [6.45, 7) is 2.92. The first-order valence-corrected chi connectivity index (χ1v) is 7.98. The van der Waals surface area contributed by atoms with E-state index in [2.05, 4.69) is 5.32 Å². The van der Waals surface area contributed by atoms with Crippen molar-refractivity contribution in [3.05, 3.63) is 57.1 Å². The molecule has 0 radical (unpaired) electrons. The number of hydrogen-bond donors (Lipinski definition) is 1. The molecule has 2 aromatic carbocycles. The number of amides is 1. The molecular formula is C18H16N2O7. The molecule has 1 aliphatic heterocycles. The summed E-state index contributed by atoms with van der Waals surface area (Å²) in [7, 11) is 0. The average molecular weight is 372 g/mol. The molecule has 0 unspecified atom stereocenters. The Bertz CT molecular complexity index is 940. The van der Waals surface area contributed by atoms with Gasteiger partial charge in [-0.1, -0.05) is 6.07 Å². The number of esters is 1. The van der Waals surface area contributed by atoms with Crippen LogP contribution in [0.4, 0.5) is 11.4 Å². The molecule has 0 atom stereocenters. The first-order chi connectivity index (χ1) is 12.9. The minimum Gasteiger partial charge on any atom is -0.454 e. The lowest BCUT2D eigenvalue weighted by Crippen LogP contribution is -2.22. The molecule has 1 N–H and O–H groups in total. The van der Waals surface area contributed by atoms with Crippen LogP contribution in [0.25, 0.3) is 0 Å². The van der Waals surface area contributed by atoms with Crippen LogP contribution >= 0.6 is 0 Å². The Morgan fingerprint density at radius 1 is 1.19 bits per heavy atom. The second kappa shape index (κ2) is 7.32. The molecule has 0 aromatic heterocycles. The van der Waals surface area contributed by atoms with Gasteiger partial charge in [-0.15, -0.1) is 0 Å². The van der Waals surface area contributed by atoms with Crippen LogP contribution in [0.15, 0.2) is 30.3 Å². The van der Waals surface area contributed by atoms with Gasteiger partial charge in [-0.2, -0.15) is 0 Å². The van der Waals surface area contributed by atoms with Crippen LogP contribution in [0.3, 0.4) is 0 Å². The molecule has 9 heteroatoms. The topological polar surface area (TPSA) is 117 Å². The summed E-state index contributed by atoms with van der Waals surface area (Å²) in [6, 6.07) is 7.43. The van der Waals surface area contributed by atoms with Crippen molar-refractivity contribution in [1.82, 2.24) is 0 Å². The number of fused-ring (bicyclic) bond motifs is 1. The largest absolute Gasteiger partial charge is 0.454 e. The third kappa shape index (κ3) is 3.81. The predicted molar refractivity (Wildman–Crippen MR) is 94.0 cm³/mol. The number of carbonyl (C=O) groups is 2. The number of aryl methyl sites for hydroxylation is 1. The fourth-order valence-electron chi connectivity index (χ4n) is 2.52. The Morgan fingerprint density at radius 2 is 1.93 bits per heavy atom. The summed E-state index contributed by atoms with van der Waals surface area (Å²) in [6.07, 6.45) is 0. The van der Waals surface area contributed by atoms with Crippen molar-refractivity contribution in [2.75, 3.05) is 18.7 Å². The van der Waals surface area contributed by atoms with Gasteiger partial charge in [-0.25, -0.2) is 4.79 Å². The van der Waals surface area contributed by atoms with Crippen LogP contribution < -0.4 is 14.8 Å². The minimum atomic E-state index is -0.723. The summed E-state index contributed by atoms with van der Waals surface area (Å²) in [5.74, 6) is -0.466. The third-order valence-corrected chi connectivity index (χ3v) is 4.12. The zero-order valence-electron chi connectivity index (χ0n) is 14.6. The maximum Gasteiger partial charge on any atom is 0.338 e. The molecule has 140 valence electrons. The Kier molecular flexibility index (Phi) is 4.93. The number of nitrogens with one attached hydrogen (secondary N) is 1. The fourth-order valence-corrected chi connectivity index (χ4v) is 2.52. The molecule has 0 bridgehead atoms. The number of nitrogens with zero attached hydrogens (tertiary/aromatic N) is 1. The number of rotatable bonds is 5. The molecule has 27 heavy (non-hydrogen) atoms. The van der Waals surface area contributed by atoms with Gasteiger partial charge >= 0.3 is 5.97 Å². The highest BCUT2D eigenvalue weighted by Gasteiger charge is 2.21. The third-order valence-electron chi connectivity index (χ3n) is 4.12. The molecule has 0 saturated heterocycles. The zero-order chi connectivity index (χ0) is 19.6. The number of anilines is 1. The molecule has 1 amide bonds. The van der Waals surface area contributed by atoms with Crippen molar-refractivity contribution in [2.45, 2.75) is 13.8 Å². The molecule has 2 aromatic rings. The van der Waals surface area contributed by atoms with Crippen molar-refractivity contribution in [3.63, 3.8) is 0 Å². The van der Waals surface area contributed by atoms with Gasteiger partial charge in [0.1, 0.15) is 5.69 Å². The van der Waals surface area contributed by atoms with Crippen LogP contribution in [-0.2, 0) is 9.53 Å². The highest BCUT2D eigenvalue weighted by molar-refractivity contribution is 5.97. The number of hydrogen-bond acceptors (Lipinski definition) is 7. The van der Waals surface area contributed by atoms with E-state index < -0.39 is 23.4 Å². The predicted octanol–water partition coefficient (Wildman–Crippen LogP) is 2.74. The normalized spacial score (nSPS) is 11.8. The van der Waals surface area contributed by atoms with E-state index in [1.807, 2.05) is 0 Å². The lowest BCUT2D eigenvalue weighted by molar-refractivity contribution is -0.384. The molecule has 0 saturated carbocycles. The van der Waals surface area contributed by atoms with Crippen molar-refractivity contribution in [1.29, 1.82) is 0 Å². The van der Waals surface area contributed by atoms with Gasteiger partial charge in [0, 0.05) is 6.07 Å². The SMILES string of the molecule is Cc1ccc([N+](=O)[O-])c(NC(=O)COC(=O)c2ccc3c(c2)OCO3)c1C. The molecule has 3 rings (SSSR count). The van der Waals surface area contributed by atoms with Crippen molar-refractivity contribution in [2.24, 2.45) is 0 Å². The van der Waals surface area contributed by atoms with Gasteiger partial charge < -0.3 is 19.5 Å². The van der Waals surface area contributed by atoms with E-state index in [0.29, 0.717) is 17.1 Å². The first-order valence-electron chi connectivity index (χ1n) is 7.98. The quantitative estimate of drug-likeness (QED) is 0.487. The van der Waals surface area contributed by atoms with E-state index in [4.69, 9.17) is 14.2 Å². The van der Waals surface area contributed by atoms with E-state index >= 15 is 0 Å². The van der Waals surface area contributed by atoms with E-state index in [1.54, 1.807) is 26.0 Å². The fraction of sp³-hybridized carbons (Fsp3) is 0.222. The second-order valence-corrected chi connectivity index (χ2v) is 5.85. The summed E-state index contributed by atoms with van der Waals surface area (Å²) >= 11 is 0. The summed E-state index contributed by atoms with van der Waals surface area (Å²) in [5.41, 5.74) is 1.41. The second-order valence-electron chi connectivity index (χ2n) is 5.85. The Balaban J connectivity index is 1.66. The summed E-state index contributed by atoms with van der Waals surface area (Å²) in [5, 5.41) is 13.6. The van der Waals surface area contributed by atoms with Gasteiger partial charge in [-0.3, -0.25) is 14.9 Å². The van der Waals surface area contributed by atoms with Crippen LogP contribution in [0.1, 0.15) is 21.5 Å².